The number of ether oxygens (including phenoxy) is 1. The van der Waals surface area contributed by atoms with Crippen molar-refractivity contribution in [2.45, 2.75) is 51.1 Å². The van der Waals surface area contributed by atoms with Gasteiger partial charge in [-0.05, 0) is 38.7 Å². The van der Waals surface area contributed by atoms with Gasteiger partial charge in [-0.15, -0.1) is 12.4 Å². The molecule has 1 aliphatic rings. The van der Waals surface area contributed by atoms with E-state index in [9.17, 15) is 4.79 Å². The fourth-order valence-electron chi connectivity index (χ4n) is 3.26. The van der Waals surface area contributed by atoms with Crippen molar-refractivity contribution >= 4 is 29.3 Å². The Morgan fingerprint density at radius 1 is 1.30 bits per heavy atom. The van der Waals surface area contributed by atoms with Gasteiger partial charge in [0.1, 0.15) is 0 Å². The van der Waals surface area contributed by atoms with Gasteiger partial charge in [0.05, 0.1) is 30.3 Å². The van der Waals surface area contributed by atoms with Gasteiger partial charge in [-0.1, -0.05) is 18.2 Å². The molecule has 1 fully saturated rings. The second-order valence-corrected chi connectivity index (χ2v) is 5.96. The van der Waals surface area contributed by atoms with Crippen molar-refractivity contribution in [2.75, 3.05) is 6.61 Å². The van der Waals surface area contributed by atoms with Crippen molar-refractivity contribution in [3.05, 3.63) is 30.0 Å². The van der Waals surface area contributed by atoms with Crippen LogP contribution < -0.4 is 5.73 Å². The first-order valence-corrected chi connectivity index (χ1v) is 8.06. The third kappa shape index (κ3) is 3.85. The average molecular weight is 338 g/mol. The Labute approximate surface area is 142 Å². The maximum absolute atomic E-state index is 11.8. The summed E-state index contributed by atoms with van der Waals surface area (Å²) in [7, 11) is 0. The highest BCUT2D eigenvalue weighted by molar-refractivity contribution is 5.86. The zero-order valence-corrected chi connectivity index (χ0v) is 14.2. The summed E-state index contributed by atoms with van der Waals surface area (Å²) >= 11 is 0. The standard InChI is InChI=1S/C17H23N3O2.ClH/c1-2-22-17(21)11-15-14-5-3-4-6-16(14)20(19-15)13-9-7-12(18)8-10-13;/h3-6,12-13H,2,7-11,18H2,1H3;1H. The minimum atomic E-state index is -0.219. The molecule has 5 nitrogen and oxygen atoms in total. The largest absolute Gasteiger partial charge is 0.466 e. The van der Waals surface area contributed by atoms with Crippen LogP contribution in [0, 0.1) is 0 Å². The summed E-state index contributed by atoms with van der Waals surface area (Å²) in [5.74, 6) is -0.219. The molecule has 0 saturated heterocycles. The number of hydrogen-bond donors (Lipinski definition) is 1. The molecule has 6 heteroatoms. The van der Waals surface area contributed by atoms with Gasteiger partial charge in [0, 0.05) is 11.4 Å². The fraction of sp³-hybridized carbons (Fsp3) is 0.529. The first-order valence-electron chi connectivity index (χ1n) is 8.06. The van der Waals surface area contributed by atoms with Gasteiger partial charge < -0.3 is 10.5 Å². The number of nitrogens with two attached hydrogens (primary N) is 1. The van der Waals surface area contributed by atoms with E-state index < -0.39 is 0 Å². The maximum Gasteiger partial charge on any atom is 0.311 e. The lowest BCUT2D eigenvalue weighted by Crippen LogP contribution is -2.28. The number of esters is 1. The Morgan fingerprint density at radius 2 is 2.00 bits per heavy atom. The molecule has 1 heterocycles. The third-order valence-electron chi connectivity index (χ3n) is 4.39. The number of para-hydroxylation sites is 1. The van der Waals surface area contributed by atoms with Crippen molar-refractivity contribution in [1.29, 1.82) is 0 Å². The summed E-state index contributed by atoms with van der Waals surface area (Å²) in [6.07, 6.45) is 4.39. The van der Waals surface area contributed by atoms with Crippen LogP contribution in [0.2, 0.25) is 0 Å². The lowest BCUT2D eigenvalue weighted by molar-refractivity contribution is -0.142. The quantitative estimate of drug-likeness (QED) is 0.871. The molecule has 23 heavy (non-hydrogen) atoms. The molecule has 1 aliphatic carbocycles. The lowest BCUT2D eigenvalue weighted by Gasteiger charge is -2.26. The zero-order chi connectivity index (χ0) is 15.5. The van der Waals surface area contributed by atoms with E-state index in [-0.39, 0.29) is 24.8 Å². The Morgan fingerprint density at radius 3 is 2.70 bits per heavy atom. The minimum absolute atomic E-state index is 0. The molecule has 0 spiro atoms. The SMILES string of the molecule is CCOC(=O)Cc1nn(C2CCC(N)CC2)c2ccccc12.Cl. The Kier molecular flexibility index (Phi) is 6.02. The van der Waals surface area contributed by atoms with Gasteiger partial charge in [0.15, 0.2) is 0 Å². The van der Waals surface area contributed by atoms with E-state index in [0.717, 1.165) is 42.3 Å². The number of nitrogens with zero attached hydrogens (tertiary/aromatic N) is 2. The topological polar surface area (TPSA) is 70.1 Å². The first kappa shape index (κ1) is 17.8. The average Bonchev–Trinajstić information content (AvgIpc) is 2.87. The van der Waals surface area contributed by atoms with Gasteiger partial charge in [-0.2, -0.15) is 5.10 Å². The summed E-state index contributed by atoms with van der Waals surface area (Å²) in [4.78, 5) is 11.8. The number of halogens is 1. The van der Waals surface area contributed by atoms with Crippen LogP contribution in [-0.2, 0) is 16.0 Å². The second kappa shape index (κ2) is 7.79. The number of carbonyl (C=O) groups is 1. The molecule has 0 radical (unpaired) electrons. The molecule has 1 aromatic carbocycles. The highest BCUT2D eigenvalue weighted by Gasteiger charge is 2.23. The Bertz CT molecular complexity index is 663. The van der Waals surface area contributed by atoms with E-state index >= 15 is 0 Å². The summed E-state index contributed by atoms with van der Waals surface area (Å²) < 4.78 is 7.15. The van der Waals surface area contributed by atoms with Gasteiger partial charge in [0.25, 0.3) is 0 Å². The molecule has 0 bridgehead atoms. The third-order valence-corrected chi connectivity index (χ3v) is 4.39. The van der Waals surface area contributed by atoms with E-state index in [1.165, 1.54) is 0 Å². The highest BCUT2D eigenvalue weighted by atomic mass is 35.5. The number of benzene rings is 1. The van der Waals surface area contributed by atoms with Crippen LogP contribution in [0.5, 0.6) is 0 Å². The smallest absolute Gasteiger partial charge is 0.311 e. The molecule has 0 aliphatic heterocycles. The van der Waals surface area contributed by atoms with Crippen molar-refractivity contribution < 1.29 is 9.53 Å². The van der Waals surface area contributed by atoms with Crippen LogP contribution in [0.4, 0.5) is 0 Å². The molecule has 0 amide bonds. The molecule has 0 unspecified atom stereocenters. The zero-order valence-electron chi connectivity index (χ0n) is 13.4. The van der Waals surface area contributed by atoms with Gasteiger partial charge >= 0.3 is 5.97 Å². The van der Waals surface area contributed by atoms with E-state index in [4.69, 9.17) is 15.6 Å². The molecule has 1 saturated carbocycles. The summed E-state index contributed by atoms with van der Waals surface area (Å²) in [6.45, 7) is 2.22. The highest BCUT2D eigenvalue weighted by Crippen LogP contribution is 2.31. The van der Waals surface area contributed by atoms with Crippen LogP contribution in [0.1, 0.15) is 44.3 Å². The predicted octanol–water partition coefficient (Wildman–Crippen LogP) is 3.01. The number of carbonyl (C=O) groups excluding carboxylic acids is 1. The van der Waals surface area contributed by atoms with Gasteiger partial charge in [-0.3, -0.25) is 9.48 Å². The lowest BCUT2D eigenvalue weighted by atomic mass is 9.92. The number of rotatable bonds is 4. The van der Waals surface area contributed by atoms with Crippen LogP contribution in [0.25, 0.3) is 10.9 Å². The molecule has 2 aromatic rings. The van der Waals surface area contributed by atoms with Crippen molar-refractivity contribution in [3.63, 3.8) is 0 Å². The van der Waals surface area contributed by atoms with E-state index in [2.05, 4.69) is 10.7 Å². The van der Waals surface area contributed by atoms with Gasteiger partial charge in [-0.25, -0.2) is 0 Å². The molecular formula is C17H24ClN3O2. The molecule has 1 aromatic heterocycles. The normalized spacial score (nSPS) is 21.0. The van der Waals surface area contributed by atoms with Crippen LogP contribution in [0.3, 0.4) is 0 Å². The molecule has 3 rings (SSSR count). The number of hydrogen-bond acceptors (Lipinski definition) is 4. The van der Waals surface area contributed by atoms with Crippen LogP contribution in [0.15, 0.2) is 24.3 Å². The number of fused-ring (bicyclic) bond motifs is 1. The van der Waals surface area contributed by atoms with E-state index in [1.807, 2.05) is 25.1 Å². The second-order valence-electron chi connectivity index (χ2n) is 5.96. The predicted molar refractivity (Wildman–Crippen MR) is 92.8 cm³/mol. The molecule has 0 atom stereocenters. The van der Waals surface area contributed by atoms with E-state index in [1.54, 1.807) is 0 Å². The molecule has 126 valence electrons. The Balaban J connectivity index is 0.00000192. The first-order chi connectivity index (χ1) is 10.7. The summed E-state index contributed by atoms with van der Waals surface area (Å²) in [5, 5.41) is 5.78. The van der Waals surface area contributed by atoms with Crippen LogP contribution in [-0.4, -0.2) is 28.4 Å². The molecule has 2 N–H and O–H groups in total. The van der Waals surface area contributed by atoms with E-state index in [0.29, 0.717) is 18.7 Å². The van der Waals surface area contributed by atoms with Crippen molar-refractivity contribution in [3.8, 4) is 0 Å². The van der Waals surface area contributed by atoms with Gasteiger partial charge in [0.2, 0.25) is 0 Å². The van der Waals surface area contributed by atoms with Crippen molar-refractivity contribution in [2.24, 2.45) is 5.73 Å². The Hall–Kier alpha value is -1.59. The van der Waals surface area contributed by atoms with Crippen LogP contribution >= 0.6 is 12.4 Å². The fourth-order valence-corrected chi connectivity index (χ4v) is 3.26. The number of aromatic nitrogens is 2. The minimum Gasteiger partial charge on any atom is -0.466 e. The summed E-state index contributed by atoms with van der Waals surface area (Å²) in [5.41, 5.74) is 7.91. The van der Waals surface area contributed by atoms with Crippen molar-refractivity contribution in [1.82, 2.24) is 9.78 Å². The monoisotopic (exact) mass is 337 g/mol. The molecular weight excluding hydrogens is 314 g/mol. The maximum atomic E-state index is 11.8. The summed E-state index contributed by atoms with van der Waals surface area (Å²) in [6, 6.07) is 8.80.